The molecule has 4 rings (SSSR count). The molecule has 0 radical (unpaired) electrons. The maximum absolute atomic E-state index is 13.3. The lowest BCUT2D eigenvalue weighted by Crippen LogP contribution is -2.30. The van der Waals surface area contributed by atoms with E-state index >= 15 is 0 Å². The SMILES string of the molecule is CCCCC(CC(=O)O)c1ccc2c(c1)CCN2C(=O)Cc1ccc(NC(=O)Nc2ccccc2C)c(OC)c1. The fraction of sp³-hybridized carbons (Fsp3) is 0.344. The summed E-state index contributed by atoms with van der Waals surface area (Å²) in [4.78, 5) is 39.1. The third-order valence-electron chi connectivity index (χ3n) is 7.36. The Kier molecular flexibility index (Phi) is 9.43. The van der Waals surface area contributed by atoms with E-state index in [2.05, 4.69) is 23.6 Å². The zero-order valence-corrected chi connectivity index (χ0v) is 23.3. The zero-order chi connectivity index (χ0) is 28.6. The Morgan fingerprint density at radius 3 is 2.52 bits per heavy atom. The van der Waals surface area contributed by atoms with Crippen molar-refractivity contribution < 1.29 is 24.2 Å². The highest BCUT2D eigenvalue weighted by Crippen LogP contribution is 2.35. The third kappa shape index (κ3) is 7.00. The van der Waals surface area contributed by atoms with E-state index in [1.54, 1.807) is 17.0 Å². The number of nitrogens with zero attached hydrogens (tertiary/aromatic N) is 1. The van der Waals surface area contributed by atoms with Crippen molar-refractivity contribution in [1.82, 2.24) is 0 Å². The molecule has 3 aromatic rings. The second kappa shape index (κ2) is 13.2. The average Bonchev–Trinajstić information content (AvgIpc) is 3.36. The molecule has 0 fully saturated rings. The van der Waals surface area contributed by atoms with Crippen molar-refractivity contribution in [2.45, 2.75) is 58.3 Å². The smallest absolute Gasteiger partial charge is 0.323 e. The van der Waals surface area contributed by atoms with Crippen LogP contribution in [0.15, 0.2) is 60.7 Å². The minimum Gasteiger partial charge on any atom is -0.495 e. The molecule has 8 nitrogen and oxygen atoms in total. The van der Waals surface area contributed by atoms with Gasteiger partial charge in [0.15, 0.2) is 0 Å². The summed E-state index contributed by atoms with van der Waals surface area (Å²) in [6.07, 6.45) is 3.88. The number of para-hydroxylation sites is 1. The number of hydrogen-bond donors (Lipinski definition) is 3. The van der Waals surface area contributed by atoms with Gasteiger partial charge in [0.05, 0.1) is 25.6 Å². The van der Waals surface area contributed by atoms with Gasteiger partial charge in [0.25, 0.3) is 0 Å². The largest absolute Gasteiger partial charge is 0.495 e. The van der Waals surface area contributed by atoms with Crippen LogP contribution in [0.3, 0.4) is 0 Å². The number of aliphatic carboxylic acids is 1. The van der Waals surface area contributed by atoms with Crippen molar-refractivity contribution in [3.63, 3.8) is 0 Å². The van der Waals surface area contributed by atoms with Crippen molar-refractivity contribution in [1.29, 1.82) is 0 Å². The van der Waals surface area contributed by atoms with Gasteiger partial charge in [-0.25, -0.2) is 4.79 Å². The number of anilines is 3. The van der Waals surface area contributed by atoms with E-state index in [9.17, 15) is 19.5 Å². The molecule has 1 aliphatic rings. The molecule has 8 heteroatoms. The molecule has 0 spiro atoms. The second-order valence-electron chi connectivity index (χ2n) is 10.2. The molecule has 3 amide bonds. The van der Waals surface area contributed by atoms with Gasteiger partial charge >= 0.3 is 12.0 Å². The normalized spacial score (nSPS) is 12.9. The van der Waals surface area contributed by atoms with Gasteiger partial charge in [-0.1, -0.05) is 56.2 Å². The molecule has 0 saturated heterocycles. The molecule has 1 heterocycles. The maximum Gasteiger partial charge on any atom is 0.323 e. The number of hydrogen-bond acceptors (Lipinski definition) is 4. The molecule has 0 aromatic heterocycles. The van der Waals surface area contributed by atoms with Crippen molar-refractivity contribution in [2.24, 2.45) is 0 Å². The van der Waals surface area contributed by atoms with E-state index in [-0.39, 0.29) is 30.7 Å². The van der Waals surface area contributed by atoms with Gasteiger partial charge in [-0.15, -0.1) is 0 Å². The van der Waals surface area contributed by atoms with Gasteiger partial charge in [0, 0.05) is 17.9 Å². The molecule has 1 aliphatic heterocycles. The van der Waals surface area contributed by atoms with Crippen LogP contribution in [0.4, 0.5) is 21.9 Å². The minimum atomic E-state index is -0.790. The first-order valence-electron chi connectivity index (χ1n) is 13.7. The number of ether oxygens (including phenoxy) is 1. The van der Waals surface area contributed by atoms with E-state index in [1.165, 1.54) is 7.11 Å². The van der Waals surface area contributed by atoms with Crippen molar-refractivity contribution >= 4 is 35.0 Å². The Morgan fingerprint density at radius 2 is 1.80 bits per heavy atom. The number of carboxylic acid groups (broad SMARTS) is 1. The Morgan fingerprint density at radius 1 is 1.02 bits per heavy atom. The van der Waals surface area contributed by atoms with Crippen LogP contribution in [0, 0.1) is 6.92 Å². The highest BCUT2D eigenvalue weighted by Gasteiger charge is 2.26. The van der Waals surface area contributed by atoms with Gasteiger partial charge in [-0.3, -0.25) is 9.59 Å². The molecular formula is C32H37N3O5. The number of nitrogens with one attached hydrogen (secondary N) is 2. The highest BCUT2D eigenvalue weighted by atomic mass is 16.5. The number of carbonyl (C=O) groups is 3. The minimum absolute atomic E-state index is 0.0223. The van der Waals surface area contributed by atoms with E-state index in [4.69, 9.17) is 4.74 Å². The number of carbonyl (C=O) groups excluding carboxylic acids is 2. The number of urea groups is 1. The first-order chi connectivity index (χ1) is 19.3. The number of benzene rings is 3. The standard InChI is InChI=1S/C32H37N3O5/c1-4-5-9-23(20-31(37)38)24-12-14-28-25(19-24)15-16-35(28)30(36)18-22-11-13-27(29(17-22)40-3)34-32(39)33-26-10-7-6-8-21(26)2/h6-8,10-14,17,19,23H,4-5,9,15-16,18,20H2,1-3H3,(H,37,38)(H2,33,34,39). The molecule has 3 aromatic carbocycles. The molecule has 0 aliphatic carbocycles. The molecule has 0 saturated carbocycles. The highest BCUT2D eigenvalue weighted by molar-refractivity contribution is 6.01. The lowest BCUT2D eigenvalue weighted by molar-refractivity contribution is -0.137. The summed E-state index contributed by atoms with van der Waals surface area (Å²) in [6.45, 7) is 4.61. The summed E-state index contributed by atoms with van der Waals surface area (Å²) in [5, 5.41) is 15.0. The number of rotatable bonds is 11. The summed E-state index contributed by atoms with van der Waals surface area (Å²) in [7, 11) is 1.53. The topological polar surface area (TPSA) is 108 Å². The molecule has 3 N–H and O–H groups in total. The van der Waals surface area contributed by atoms with Gasteiger partial charge < -0.3 is 25.4 Å². The predicted molar refractivity (Wildman–Crippen MR) is 158 cm³/mol. The number of carboxylic acids is 1. The molecule has 1 unspecified atom stereocenters. The lowest BCUT2D eigenvalue weighted by atomic mass is 9.89. The monoisotopic (exact) mass is 543 g/mol. The predicted octanol–water partition coefficient (Wildman–Crippen LogP) is 6.53. The van der Waals surface area contributed by atoms with Crippen LogP contribution in [0.2, 0.25) is 0 Å². The summed E-state index contributed by atoms with van der Waals surface area (Å²) >= 11 is 0. The Labute approximate surface area is 235 Å². The first-order valence-corrected chi connectivity index (χ1v) is 13.7. The maximum atomic E-state index is 13.3. The molecule has 40 heavy (non-hydrogen) atoms. The van der Waals surface area contributed by atoms with Crippen LogP contribution < -0.4 is 20.3 Å². The summed E-state index contributed by atoms with van der Waals surface area (Å²) in [5.74, 6) is -0.374. The lowest BCUT2D eigenvalue weighted by Gasteiger charge is -2.20. The van der Waals surface area contributed by atoms with E-state index < -0.39 is 5.97 Å². The number of fused-ring (bicyclic) bond motifs is 1. The molecular weight excluding hydrogens is 506 g/mol. The summed E-state index contributed by atoms with van der Waals surface area (Å²) < 4.78 is 5.51. The third-order valence-corrected chi connectivity index (χ3v) is 7.36. The fourth-order valence-electron chi connectivity index (χ4n) is 5.19. The Bertz CT molecular complexity index is 1390. The first kappa shape index (κ1) is 28.7. The second-order valence-corrected chi connectivity index (χ2v) is 10.2. The number of methoxy groups -OCH3 is 1. The van der Waals surface area contributed by atoms with Crippen LogP contribution in [-0.4, -0.2) is 36.7 Å². The van der Waals surface area contributed by atoms with E-state index in [0.29, 0.717) is 18.0 Å². The quantitative estimate of drug-likeness (QED) is 0.255. The average molecular weight is 544 g/mol. The van der Waals surface area contributed by atoms with Crippen LogP contribution >= 0.6 is 0 Å². The molecule has 1 atom stereocenters. The van der Waals surface area contributed by atoms with E-state index in [1.807, 2.05) is 49.4 Å². The van der Waals surface area contributed by atoms with E-state index in [0.717, 1.165) is 59.3 Å². The number of amides is 3. The fourth-order valence-corrected chi connectivity index (χ4v) is 5.19. The Hall–Kier alpha value is -4.33. The van der Waals surface area contributed by atoms with Gasteiger partial charge in [-0.2, -0.15) is 0 Å². The number of unbranched alkanes of at least 4 members (excludes halogenated alkanes) is 1. The van der Waals surface area contributed by atoms with Crippen LogP contribution in [-0.2, 0) is 22.4 Å². The van der Waals surface area contributed by atoms with Gasteiger partial charge in [0.1, 0.15) is 5.75 Å². The molecule has 210 valence electrons. The summed E-state index contributed by atoms with van der Waals surface area (Å²) in [6, 6.07) is 18.5. The molecule has 0 bridgehead atoms. The van der Waals surface area contributed by atoms with Crippen molar-refractivity contribution in [3.8, 4) is 5.75 Å². The zero-order valence-electron chi connectivity index (χ0n) is 23.3. The number of aryl methyl sites for hydroxylation is 1. The van der Waals surface area contributed by atoms with Gasteiger partial charge in [-0.05, 0) is 72.2 Å². The van der Waals surface area contributed by atoms with Crippen molar-refractivity contribution in [2.75, 3.05) is 29.2 Å². The Balaban J connectivity index is 1.42. The summed E-state index contributed by atoms with van der Waals surface area (Å²) in [5.41, 5.74) is 5.95. The van der Waals surface area contributed by atoms with Crippen molar-refractivity contribution in [3.05, 3.63) is 82.9 Å². The van der Waals surface area contributed by atoms with Crippen LogP contribution in [0.5, 0.6) is 5.75 Å². The van der Waals surface area contributed by atoms with Crippen LogP contribution in [0.25, 0.3) is 0 Å². The van der Waals surface area contributed by atoms with Gasteiger partial charge in [0.2, 0.25) is 5.91 Å². The van der Waals surface area contributed by atoms with Crippen LogP contribution in [0.1, 0.15) is 60.8 Å².